The van der Waals surface area contributed by atoms with Gasteiger partial charge < -0.3 is 0 Å². The van der Waals surface area contributed by atoms with E-state index in [-0.39, 0.29) is 0 Å². The minimum atomic E-state index is 0.867. The van der Waals surface area contributed by atoms with Crippen LogP contribution in [0.5, 0.6) is 0 Å². The van der Waals surface area contributed by atoms with Gasteiger partial charge >= 0.3 is 0 Å². The standard InChI is InChI=1S/C20H21N3S2/c1-3-24-15-18(25-4-2)20-22-21-19(16-11-7-5-8-12-16)23(20)17-13-9-6-10-14-17/h5-15H,3-4H2,1-2H3/b18-15+. The van der Waals surface area contributed by atoms with E-state index in [1.165, 1.54) is 0 Å². The van der Waals surface area contributed by atoms with Crippen LogP contribution in [0.3, 0.4) is 0 Å². The second-order valence-corrected chi connectivity index (χ2v) is 7.71. The van der Waals surface area contributed by atoms with Gasteiger partial charge in [0, 0.05) is 11.3 Å². The van der Waals surface area contributed by atoms with E-state index in [1.807, 2.05) is 36.4 Å². The molecule has 0 saturated heterocycles. The highest BCUT2D eigenvalue weighted by Crippen LogP contribution is 2.33. The van der Waals surface area contributed by atoms with Gasteiger partial charge in [-0.3, -0.25) is 4.57 Å². The van der Waals surface area contributed by atoms with Crippen LogP contribution >= 0.6 is 23.5 Å². The Labute approximate surface area is 157 Å². The van der Waals surface area contributed by atoms with Gasteiger partial charge in [-0.05, 0) is 29.0 Å². The minimum absolute atomic E-state index is 0.867. The highest BCUT2D eigenvalue weighted by Gasteiger charge is 2.18. The molecule has 3 nitrogen and oxygen atoms in total. The van der Waals surface area contributed by atoms with Crippen molar-refractivity contribution in [1.29, 1.82) is 0 Å². The molecule has 0 aliphatic carbocycles. The maximum absolute atomic E-state index is 4.55. The van der Waals surface area contributed by atoms with Gasteiger partial charge in [-0.15, -0.1) is 33.7 Å². The molecular weight excluding hydrogens is 346 g/mol. The molecule has 1 aromatic heterocycles. The van der Waals surface area contributed by atoms with Gasteiger partial charge in [0.05, 0.1) is 4.91 Å². The van der Waals surface area contributed by atoms with E-state index in [0.29, 0.717) is 0 Å². The molecule has 25 heavy (non-hydrogen) atoms. The lowest BCUT2D eigenvalue weighted by Gasteiger charge is -2.12. The number of benzene rings is 2. The average molecular weight is 368 g/mol. The van der Waals surface area contributed by atoms with Crippen molar-refractivity contribution in [1.82, 2.24) is 14.8 Å². The van der Waals surface area contributed by atoms with Crippen LogP contribution in [-0.4, -0.2) is 26.3 Å². The Kier molecular flexibility index (Phi) is 6.36. The maximum Gasteiger partial charge on any atom is 0.175 e. The van der Waals surface area contributed by atoms with Crippen LogP contribution in [0.1, 0.15) is 19.7 Å². The van der Waals surface area contributed by atoms with Gasteiger partial charge in [-0.1, -0.05) is 62.4 Å². The Bertz CT molecular complexity index is 827. The molecule has 0 atom stereocenters. The molecule has 0 aliphatic rings. The van der Waals surface area contributed by atoms with E-state index in [0.717, 1.165) is 39.3 Å². The van der Waals surface area contributed by atoms with E-state index >= 15 is 0 Å². The third-order valence-electron chi connectivity index (χ3n) is 3.59. The number of aromatic nitrogens is 3. The Morgan fingerprint density at radius 3 is 2.24 bits per heavy atom. The van der Waals surface area contributed by atoms with E-state index in [2.05, 4.69) is 58.3 Å². The molecule has 0 saturated carbocycles. The summed E-state index contributed by atoms with van der Waals surface area (Å²) in [6.45, 7) is 4.32. The number of para-hydroxylation sites is 1. The summed E-state index contributed by atoms with van der Waals surface area (Å²) in [5.74, 6) is 3.81. The Morgan fingerprint density at radius 1 is 0.920 bits per heavy atom. The minimum Gasteiger partial charge on any atom is -0.275 e. The molecule has 2 aromatic carbocycles. The fourth-order valence-electron chi connectivity index (χ4n) is 2.51. The molecule has 0 radical (unpaired) electrons. The molecule has 128 valence electrons. The van der Waals surface area contributed by atoms with E-state index in [4.69, 9.17) is 0 Å². The van der Waals surface area contributed by atoms with Crippen LogP contribution in [-0.2, 0) is 0 Å². The van der Waals surface area contributed by atoms with Gasteiger partial charge in [-0.25, -0.2) is 0 Å². The molecular formula is C20H21N3S2. The van der Waals surface area contributed by atoms with E-state index in [9.17, 15) is 0 Å². The van der Waals surface area contributed by atoms with Gasteiger partial charge in [0.15, 0.2) is 11.6 Å². The molecule has 0 unspecified atom stereocenters. The molecule has 0 amide bonds. The second kappa shape index (κ2) is 8.92. The number of hydrogen-bond donors (Lipinski definition) is 0. The lowest BCUT2D eigenvalue weighted by Crippen LogP contribution is -2.02. The number of rotatable bonds is 7. The fourth-order valence-corrected chi connectivity index (χ4v) is 3.98. The summed E-state index contributed by atoms with van der Waals surface area (Å²) in [7, 11) is 0. The summed E-state index contributed by atoms with van der Waals surface area (Å²) in [6, 6.07) is 20.5. The first-order valence-corrected chi connectivity index (χ1v) is 10.4. The zero-order chi connectivity index (χ0) is 17.5. The van der Waals surface area contributed by atoms with Crippen LogP contribution in [0.2, 0.25) is 0 Å². The van der Waals surface area contributed by atoms with Gasteiger partial charge in [0.1, 0.15) is 0 Å². The van der Waals surface area contributed by atoms with Crippen molar-refractivity contribution in [3.63, 3.8) is 0 Å². The van der Waals surface area contributed by atoms with Crippen molar-refractivity contribution < 1.29 is 0 Å². The summed E-state index contributed by atoms with van der Waals surface area (Å²) in [6.07, 6.45) is 0. The average Bonchev–Trinajstić information content (AvgIpc) is 3.11. The summed E-state index contributed by atoms with van der Waals surface area (Å²) >= 11 is 3.60. The molecule has 0 bridgehead atoms. The van der Waals surface area contributed by atoms with Crippen LogP contribution < -0.4 is 0 Å². The summed E-state index contributed by atoms with van der Waals surface area (Å²) in [5.41, 5.74) is 2.14. The van der Waals surface area contributed by atoms with Crippen LogP contribution in [0, 0.1) is 0 Å². The molecule has 3 aromatic rings. The Morgan fingerprint density at radius 2 is 1.60 bits per heavy atom. The zero-order valence-electron chi connectivity index (χ0n) is 14.4. The number of thioether (sulfide) groups is 2. The summed E-state index contributed by atoms with van der Waals surface area (Å²) < 4.78 is 2.15. The number of hydrogen-bond acceptors (Lipinski definition) is 4. The predicted octanol–water partition coefficient (Wildman–Crippen LogP) is 5.74. The van der Waals surface area contributed by atoms with Crippen molar-refractivity contribution in [2.45, 2.75) is 13.8 Å². The fraction of sp³-hybridized carbons (Fsp3) is 0.200. The first-order chi connectivity index (χ1) is 12.3. The molecule has 3 rings (SSSR count). The molecule has 0 fully saturated rings. The van der Waals surface area contributed by atoms with Crippen LogP contribution in [0.25, 0.3) is 22.0 Å². The highest BCUT2D eigenvalue weighted by molar-refractivity contribution is 8.10. The monoisotopic (exact) mass is 367 g/mol. The largest absolute Gasteiger partial charge is 0.275 e. The molecule has 0 aliphatic heterocycles. The second-order valence-electron chi connectivity index (χ2n) is 5.25. The van der Waals surface area contributed by atoms with Gasteiger partial charge in [-0.2, -0.15) is 0 Å². The van der Waals surface area contributed by atoms with Crippen molar-refractivity contribution in [3.8, 4) is 17.1 Å². The molecule has 1 heterocycles. The van der Waals surface area contributed by atoms with Crippen molar-refractivity contribution in [2.75, 3.05) is 11.5 Å². The topological polar surface area (TPSA) is 30.7 Å². The molecule has 0 N–H and O–H groups in total. The quantitative estimate of drug-likeness (QED) is 0.533. The number of nitrogens with zero attached hydrogens (tertiary/aromatic N) is 3. The van der Waals surface area contributed by atoms with Crippen molar-refractivity contribution in [2.24, 2.45) is 0 Å². The normalized spacial score (nSPS) is 11.7. The molecule has 0 spiro atoms. The SMILES string of the molecule is CCS/C=C(/SCC)c1nnc(-c2ccccc2)n1-c1ccccc1. The van der Waals surface area contributed by atoms with Crippen molar-refractivity contribution in [3.05, 3.63) is 71.9 Å². The third-order valence-corrected chi connectivity index (χ3v) is 5.37. The van der Waals surface area contributed by atoms with Gasteiger partial charge in [0.2, 0.25) is 0 Å². The summed E-state index contributed by atoms with van der Waals surface area (Å²) in [5, 5.41) is 11.3. The van der Waals surface area contributed by atoms with Crippen LogP contribution in [0.15, 0.2) is 66.1 Å². The Balaban J connectivity index is 2.18. The smallest absolute Gasteiger partial charge is 0.175 e. The molecule has 5 heteroatoms. The highest BCUT2D eigenvalue weighted by atomic mass is 32.2. The first-order valence-electron chi connectivity index (χ1n) is 8.36. The zero-order valence-corrected chi connectivity index (χ0v) is 16.1. The lowest BCUT2D eigenvalue weighted by molar-refractivity contribution is 1.03. The Hall–Kier alpha value is -1.98. The maximum atomic E-state index is 4.55. The van der Waals surface area contributed by atoms with Crippen LogP contribution in [0.4, 0.5) is 0 Å². The van der Waals surface area contributed by atoms with Gasteiger partial charge in [0.25, 0.3) is 0 Å². The van der Waals surface area contributed by atoms with E-state index < -0.39 is 0 Å². The summed E-state index contributed by atoms with van der Waals surface area (Å²) in [4.78, 5) is 1.16. The van der Waals surface area contributed by atoms with E-state index in [1.54, 1.807) is 23.5 Å². The first kappa shape index (κ1) is 17.8. The van der Waals surface area contributed by atoms with Crippen molar-refractivity contribution >= 4 is 28.4 Å². The predicted molar refractivity (Wildman–Crippen MR) is 111 cm³/mol. The third kappa shape index (κ3) is 4.17. The lowest BCUT2D eigenvalue weighted by atomic mass is 10.2.